The van der Waals surface area contributed by atoms with Gasteiger partial charge in [-0.05, 0) is 56.3 Å². The van der Waals surface area contributed by atoms with Crippen LogP contribution < -0.4 is 10.1 Å². The number of hydrogen-bond acceptors (Lipinski definition) is 3. The lowest BCUT2D eigenvalue weighted by molar-refractivity contribution is 0.102. The Bertz CT molecular complexity index is 914. The summed E-state index contributed by atoms with van der Waals surface area (Å²) >= 11 is 0. The summed E-state index contributed by atoms with van der Waals surface area (Å²) in [6, 6.07) is 16.7. The van der Waals surface area contributed by atoms with E-state index in [0.29, 0.717) is 17.9 Å². The average molecular weight is 332 g/mol. The van der Waals surface area contributed by atoms with E-state index >= 15 is 0 Å². The first-order valence-corrected chi connectivity index (χ1v) is 8.14. The molecule has 0 atom stereocenters. The van der Waals surface area contributed by atoms with Gasteiger partial charge in [0.2, 0.25) is 0 Å². The normalized spacial score (nSPS) is 10.3. The van der Waals surface area contributed by atoms with E-state index in [9.17, 15) is 4.79 Å². The zero-order valence-corrected chi connectivity index (χ0v) is 14.3. The van der Waals surface area contributed by atoms with Gasteiger partial charge in [-0.3, -0.25) is 9.78 Å². The summed E-state index contributed by atoms with van der Waals surface area (Å²) in [5.74, 6) is 0.537. The van der Waals surface area contributed by atoms with Gasteiger partial charge in [-0.1, -0.05) is 23.8 Å². The van der Waals surface area contributed by atoms with Crippen LogP contribution in [0.4, 0.5) is 5.69 Å². The Balaban J connectivity index is 1.80. The third-order valence-electron chi connectivity index (χ3n) is 3.69. The SMILES string of the molecule is CC(C)=CCOc1cnc2ccc(C(=O)Nc3ccccc3)cc2c1. The zero-order valence-electron chi connectivity index (χ0n) is 14.3. The minimum atomic E-state index is -0.149. The highest BCUT2D eigenvalue weighted by atomic mass is 16.5. The number of aromatic nitrogens is 1. The largest absolute Gasteiger partial charge is 0.488 e. The molecule has 0 saturated heterocycles. The molecule has 2 aromatic carbocycles. The molecule has 0 radical (unpaired) electrons. The number of carbonyl (C=O) groups is 1. The van der Waals surface area contributed by atoms with Crippen LogP contribution in [0.2, 0.25) is 0 Å². The number of hydrogen-bond donors (Lipinski definition) is 1. The number of amides is 1. The summed E-state index contributed by atoms with van der Waals surface area (Å²) in [4.78, 5) is 16.8. The van der Waals surface area contributed by atoms with Gasteiger partial charge in [-0.25, -0.2) is 0 Å². The van der Waals surface area contributed by atoms with Crippen molar-refractivity contribution in [3.05, 3.63) is 78.0 Å². The first-order chi connectivity index (χ1) is 12.1. The predicted molar refractivity (Wildman–Crippen MR) is 101 cm³/mol. The molecule has 1 N–H and O–H groups in total. The van der Waals surface area contributed by atoms with Crippen molar-refractivity contribution in [1.82, 2.24) is 4.98 Å². The molecule has 4 nitrogen and oxygen atoms in total. The number of benzene rings is 2. The van der Waals surface area contributed by atoms with E-state index in [4.69, 9.17) is 4.74 Å². The fourth-order valence-electron chi connectivity index (χ4n) is 2.36. The van der Waals surface area contributed by atoms with Crippen molar-refractivity contribution in [3.63, 3.8) is 0 Å². The summed E-state index contributed by atoms with van der Waals surface area (Å²) in [5.41, 5.74) is 3.38. The van der Waals surface area contributed by atoms with Crippen molar-refractivity contribution < 1.29 is 9.53 Å². The van der Waals surface area contributed by atoms with E-state index in [1.807, 2.05) is 68.5 Å². The minimum absolute atomic E-state index is 0.149. The highest BCUT2D eigenvalue weighted by Crippen LogP contribution is 2.20. The number of allylic oxidation sites excluding steroid dienone is 1. The topological polar surface area (TPSA) is 51.2 Å². The summed E-state index contributed by atoms with van der Waals surface area (Å²) in [7, 11) is 0. The van der Waals surface area contributed by atoms with Gasteiger partial charge in [0.25, 0.3) is 5.91 Å². The lowest BCUT2D eigenvalue weighted by atomic mass is 10.1. The number of fused-ring (bicyclic) bond motifs is 1. The highest BCUT2D eigenvalue weighted by Gasteiger charge is 2.08. The second-order valence-corrected chi connectivity index (χ2v) is 5.99. The second kappa shape index (κ2) is 7.62. The number of ether oxygens (including phenoxy) is 1. The molecule has 0 unspecified atom stereocenters. The minimum Gasteiger partial charge on any atom is -0.488 e. The van der Waals surface area contributed by atoms with Gasteiger partial charge < -0.3 is 10.1 Å². The van der Waals surface area contributed by atoms with E-state index < -0.39 is 0 Å². The zero-order chi connectivity index (χ0) is 17.6. The lowest BCUT2D eigenvalue weighted by Gasteiger charge is -2.08. The number of anilines is 1. The van der Waals surface area contributed by atoms with Crippen LogP contribution in [-0.4, -0.2) is 17.5 Å². The molecule has 0 bridgehead atoms. The Labute approximate surface area is 147 Å². The molecule has 0 aliphatic rings. The fourth-order valence-corrected chi connectivity index (χ4v) is 2.36. The lowest BCUT2D eigenvalue weighted by Crippen LogP contribution is -2.11. The Kier molecular flexibility index (Phi) is 5.09. The van der Waals surface area contributed by atoms with Gasteiger partial charge >= 0.3 is 0 Å². The number of nitrogens with one attached hydrogen (secondary N) is 1. The van der Waals surface area contributed by atoms with E-state index in [2.05, 4.69) is 10.3 Å². The Hall–Kier alpha value is -3.14. The predicted octanol–water partition coefficient (Wildman–Crippen LogP) is 4.83. The molecule has 1 aromatic heterocycles. The van der Waals surface area contributed by atoms with Crippen molar-refractivity contribution in [2.75, 3.05) is 11.9 Å². The Morgan fingerprint density at radius 3 is 2.68 bits per heavy atom. The van der Waals surface area contributed by atoms with Crippen LogP contribution in [0.5, 0.6) is 5.75 Å². The van der Waals surface area contributed by atoms with Crippen molar-refractivity contribution in [1.29, 1.82) is 0 Å². The molecule has 126 valence electrons. The first kappa shape index (κ1) is 16.7. The Morgan fingerprint density at radius 1 is 1.12 bits per heavy atom. The second-order valence-electron chi connectivity index (χ2n) is 5.99. The molecule has 0 aliphatic heterocycles. The van der Waals surface area contributed by atoms with Gasteiger partial charge in [0.15, 0.2) is 0 Å². The summed E-state index contributed by atoms with van der Waals surface area (Å²) in [5, 5.41) is 3.76. The van der Waals surface area contributed by atoms with Crippen LogP contribution in [-0.2, 0) is 0 Å². The highest BCUT2D eigenvalue weighted by molar-refractivity contribution is 6.06. The monoisotopic (exact) mass is 332 g/mol. The maximum Gasteiger partial charge on any atom is 0.255 e. The van der Waals surface area contributed by atoms with E-state index in [-0.39, 0.29) is 5.91 Å². The molecule has 0 aliphatic carbocycles. The number of nitrogens with zero attached hydrogens (tertiary/aromatic N) is 1. The molecular weight excluding hydrogens is 312 g/mol. The smallest absolute Gasteiger partial charge is 0.255 e. The standard InChI is InChI=1S/C21H20N2O2/c1-15(2)10-11-25-19-13-17-12-16(8-9-20(17)22-14-19)21(24)23-18-6-4-3-5-7-18/h3-10,12-14H,11H2,1-2H3,(H,23,24). The third kappa shape index (κ3) is 4.44. The van der Waals surface area contributed by atoms with E-state index in [1.54, 1.807) is 12.3 Å². The Morgan fingerprint density at radius 2 is 1.92 bits per heavy atom. The van der Waals surface area contributed by atoms with Gasteiger partial charge in [0.05, 0.1) is 11.7 Å². The summed E-state index contributed by atoms with van der Waals surface area (Å²) in [6.45, 7) is 4.56. The van der Waals surface area contributed by atoms with Crippen LogP contribution in [0.1, 0.15) is 24.2 Å². The molecular formula is C21H20N2O2. The summed E-state index contributed by atoms with van der Waals surface area (Å²) in [6.07, 6.45) is 3.71. The molecule has 4 heteroatoms. The van der Waals surface area contributed by atoms with Crippen molar-refractivity contribution in [2.45, 2.75) is 13.8 Å². The maximum absolute atomic E-state index is 12.4. The molecule has 0 saturated carbocycles. The van der Waals surface area contributed by atoms with Crippen LogP contribution in [0.25, 0.3) is 10.9 Å². The van der Waals surface area contributed by atoms with Crippen LogP contribution in [0.3, 0.4) is 0 Å². The van der Waals surface area contributed by atoms with Crippen molar-refractivity contribution >= 4 is 22.5 Å². The van der Waals surface area contributed by atoms with Crippen molar-refractivity contribution in [2.24, 2.45) is 0 Å². The quantitative estimate of drug-likeness (QED) is 0.681. The van der Waals surface area contributed by atoms with E-state index in [0.717, 1.165) is 16.6 Å². The van der Waals surface area contributed by atoms with Gasteiger partial charge in [0.1, 0.15) is 12.4 Å². The van der Waals surface area contributed by atoms with Gasteiger partial charge in [-0.15, -0.1) is 0 Å². The molecule has 3 aromatic rings. The van der Waals surface area contributed by atoms with Crippen molar-refractivity contribution in [3.8, 4) is 5.75 Å². The van der Waals surface area contributed by atoms with Crippen LogP contribution >= 0.6 is 0 Å². The number of rotatable bonds is 5. The molecule has 0 fully saturated rings. The van der Waals surface area contributed by atoms with Crippen LogP contribution in [0, 0.1) is 0 Å². The average Bonchev–Trinajstić information content (AvgIpc) is 2.61. The molecule has 3 rings (SSSR count). The molecule has 25 heavy (non-hydrogen) atoms. The first-order valence-electron chi connectivity index (χ1n) is 8.14. The number of pyridine rings is 1. The van der Waals surface area contributed by atoms with Crippen LogP contribution in [0.15, 0.2) is 72.4 Å². The molecule has 1 heterocycles. The van der Waals surface area contributed by atoms with E-state index in [1.165, 1.54) is 5.57 Å². The molecule has 1 amide bonds. The maximum atomic E-state index is 12.4. The number of carbonyl (C=O) groups excluding carboxylic acids is 1. The van der Waals surface area contributed by atoms with Gasteiger partial charge in [0, 0.05) is 16.6 Å². The summed E-state index contributed by atoms with van der Waals surface area (Å²) < 4.78 is 5.68. The third-order valence-corrected chi connectivity index (χ3v) is 3.69. The fraction of sp³-hybridized carbons (Fsp3) is 0.143. The molecule has 0 spiro atoms. The number of para-hydroxylation sites is 1. The van der Waals surface area contributed by atoms with Gasteiger partial charge in [-0.2, -0.15) is 0 Å².